The first-order chi connectivity index (χ1) is 6.26. The van der Waals surface area contributed by atoms with E-state index in [2.05, 4.69) is 0 Å². The number of alkyl halides is 1. The molecule has 1 unspecified atom stereocenters. The van der Waals surface area contributed by atoms with E-state index >= 15 is 0 Å². The Balaban J connectivity index is 2.62. The van der Waals surface area contributed by atoms with Gasteiger partial charge >= 0.3 is 0 Å². The molecule has 3 heteroatoms. The van der Waals surface area contributed by atoms with E-state index in [0.29, 0.717) is 18.0 Å². The average molecular weight is 202 g/mol. The van der Waals surface area contributed by atoms with E-state index in [1.54, 1.807) is 6.07 Å². The molecule has 1 aromatic carbocycles. The molecule has 0 fully saturated rings. The van der Waals surface area contributed by atoms with Crippen LogP contribution in [0.4, 0.5) is 4.39 Å². The predicted molar refractivity (Wildman–Crippen MR) is 53.7 cm³/mol. The molecule has 1 aromatic rings. The summed E-state index contributed by atoms with van der Waals surface area (Å²) >= 11 is 5.79. The number of benzene rings is 1. The molecule has 0 heterocycles. The molecule has 0 bridgehead atoms. The molecule has 0 aliphatic rings. The number of nitrogens with two attached hydrogens (primary N) is 1. The largest absolute Gasteiger partial charge is 0.330 e. The molecule has 2 N–H and O–H groups in total. The lowest BCUT2D eigenvalue weighted by Crippen LogP contribution is -2.18. The summed E-state index contributed by atoms with van der Waals surface area (Å²) in [6.07, 6.45) is 0.660. The topological polar surface area (TPSA) is 26.0 Å². The van der Waals surface area contributed by atoms with Gasteiger partial charge in [-0.2, -0.15) is 0 Å². The van der Waals surface area contributed by atoms with Crippen LogP contribution in [0.3, 0.4) is 0 Å². The minimum Gasteiger partial charge on any atom is -0.330 e. The summed E-state index contributed by atoms with van der Waals surface area (Å²) in [5, 5.41) is 0.687. The molecule has 0 aromatic heterocycles. The molecule has 0 saturated carbocycles. The third kappa shape index (κ3) is 3.33. The lowest BCUT2D eigenvalue weighted by molar-refractivity contribution is 0.365. The highest BCUT2D eigenvalue weighted by Gasteiger charge is 2.06. The maximum Gasteiger partial charge on any atom is 0.0937 e. The van der Waals surface area contributed by atoms with Crippen molar-refractivity contribution in [2.75, 3.05) is 13.2 Å². The van der Waals surface area contributed by atoms with Gasteiger partial charge < -0.3 is 5.73 Å². The molecule has 13 heavy (non-hydrogen) atoms. The predicted octanol–water partition coefficient (Wildman–Crippen LogP) is 2.43. The van der Waals surface area contributed by atoms with E-state index in [-0.39, 0.29) is 12.6 Å². The molecule has 0 radical (unpaired) electrons. The quantitative estimate of drug-likeness (QED) is 0.796. The molecule has 0 aliphatic heterocycles. The number of hydrogen-bond donors (Lipinski definition) is 1. The van der Waals surface area contributed by atoms with Gasteiger partial charge in [-0.05, 0) is 30.7 Å². The highest BCUT2D eigenvalue weighted by atomic mass is 35.5. The van der Waals surface area contributed by atoms with Crippen LogP contribution in [0.1, 0.15) is 5.56 Å². The highest BCUT2D eigenvalue weighted by Crippen LogP contribution is 2.14. The van der Waals surface area contributed by atoms with E-state index in [1.807, 2.05) is 18.2 Å². The third-order valence-corrected chi connectivity index (χ3v) is 2.20. The van der Waals surface area contributed by atoms with Crippen molar-refractivity contribution in [1.29, 1.82) is 0 Å². The molecule has 1 rings (SSSR count). The number of hydrogen-bond acceptors (Lipinski definition) is 1. The van der Waals surface area contributed by atoms with E-state index in [4.69, 9.17) is 17.3 Å². The number of halogens is 2. The lowest BCUT2D eigenvalue weighted by Gasteiger charge is -2.09. The molecular weight excluding hydrogens is 189 g/mol. The lowest BCUT2D eigenvalue weighted by atomic mass is 10.0. The van der Waals surface area contributed by atoms with Gasteiger partial charge in [-0.1, -0.05) is 23.7 Å². The van der Waals surface area contributed by atoms with Gasteiger partial charge in [0.15, 0.2) is 0 Å². The van der Waals surface area contributed by atoms with Crippen molar-refractivity contribution in [2.45, 2.75) is 6.42 Å². The minimum absolute atomic E-state index is 0.0848. The van der Waals surface area contributed by atoms with Crippen LogP contribution in [0.25, 0.3) is 0 Å². The van der Waals surface area contributed by atoms with Crippen molar-refractivity contribution >= 4 is 11.6 Å². The van der Waals surface area contributed by atoms with Crippen LogP contribution in [0.5, 0.6) is 0 Å². The van der Waals surface area contributed by atoms with E-state index in [1.165, 1.54) is 0 Å². The summed E-state index contributed by atoms with van der Waals surface area (Å²) in [6.45, 7) is 0.00598. The zero-order valence-corrected chi connectivity index (χ0v) is 8.10. The van der Waals surface area contributed by atoms with Crippen LogP contribution >= 0.6 is 11.6 Å². The molecule has 72 valence electrons. The second-order valence-electron chi connectivity index (χ2n) is 3.09. The van der Waals surface area contributed by atoms with Crippen molar-refractivity contribution in [2.24, 2.45) is 11.7 Å². The first kappa shape index (κ1) is 10.5. The van der Waals surface area contributed by atoms with Gasteiger partial charge in [-0.25, -0.2) is 0 Å². The van der Waals surface area contributed by atoms with Crippen molar-refractivity contribution in [3.8, 4) is 0 Å². The van der Waals surface area contributed by atoms with Gasteiger partial charge in [0, 0.05) is 10.9 Å². The molecule has 0 saturated heterocycles. The van der Waals surface area contributed by atoms with E-state index in [0.717, 1.165) is 5.56 Å². The van der Waals surface area contributed by atoms with Crippen LogP contribution < -0.4 is 5.73 Å². The van der Waals surface area contributed by atoms with Crippen molar-refractivity contribution in [3.05, 3.63) is 34.9 Å². The summed E-state index contributed by atoms with van der Waals surface area (Å²) in [7, 11) is 0. The number of rotatable bonds is 4. The fourth-order valence-electron chi connectivity index (χ4n) is 1.20. The van der Waals surface area contributed by atoms with Crippen molar-refractivity contribution in [1.82, 2.24) is 0 Å². The van der Waals surface area contributed by atoms with Crippen LogP contribution in [-0.2, 0) is 6.42 Å². The monoisotopic (exact) mass is 201 g/mol. The van der Waals surface area contributed by atoms with E-state index < -0.39 is 0 Å². The molecule has 0 amide bonds. The zero-order chi connectivity index (χ0) is 9.68. The Morgan fingerprint density at radius 3 is 2.77 bits per heavy atom. The average Bonchev–Trinajstić information content (AvgIpc) is 2.14. The van der Waals surface area contributed by atoms with E-state index in [9.17, 15) is 4.39 Å². The van der Waals surface area contributed by atoms with Crippen molar-refractivity contribution in [3.63, 3.8) is 0 Å². The molecule has 1 nitrogen and oxygen atoms in total. The SMILES string of the molecule is NCC(CF)Cc1cccc(Cl)c1. The van der Waals surface area contributed by atoms with Gasteiger partial charge in [-0.3, -0.25) is 4.39 Å². The highest BCUT2D eigenvalue weighted by molar-refractivity contribution is 6.30. The Morgan fingerprint density at radius 2 is 2.23 bits per heavy atom. The summed E-state index contributed by atoms with van der Waals surface area (Å²) < 4.78 is 12.3. The summed E-state index contributed by atoms with van der Waals surface area (Å²) in [4.78, 5) is 0. The standard InChI is InChI=1S/C10H13ClFN/c11-10-3-1-2-8(5-10)4-9(6-12)7-13/h1-3,5,9H,4,6-7,13H2. The zero-order valence-electron chi connectivity index (χ0n) is 7.34. The van der Waals surface area contributed by atoms with Crippen LogP contribution in [0.2, 0.25) is 5.02 Å². The molecule has 0 aliphatic carbocycles. The first-order valence-corrected chi connectivity index (χ1v) is 4.64. The second kappa shape index (κ2) is 5.20. The van der Waals surface area contributed by atoms with Gasteiger partial charge in [0.25, 0.3) is 0 Å². The Bertz CT molecular complexity index is 261. The normalized spacial score (nSPS) is 12.8. The Morgan fingerprint density at radius 1 is 1.46 bits per heavy atom. The van der Waals surface area contributed by atoms with Gasteiger partial charge in [-0.15, -0.1) is 0 Å². The Hall–Kier alpha value is -0.600. The van der Waals surface area contributed by atoms with Crippen LogP contribution in [-0.4, -0.2) is 13.2 Å². The maximum absolute atomic E-state index is 12.3. The van der Waals surface area contributed by atoms with Crippen LogP contribution in [0.15, 0.2) is 24.3 Å². The Kier molecular flexibility index (Phi) is 4.19. The fourth-order valence-corrected chi connectivity index (χ4v) is 1.41. The van der Waals surface area contributed by atoms with Crippen LogP contribution in [0, 0.1) is 5.92 Å². The van der Waals surface area contributed by atoms with Gasteiger partial charge in [0.2, 0.25) is 0 Å². The maximum atomic E-state index is 12.3. The second-order valence-corrected chi connectivity index (χ2v) is 3.53. The Labute approximate surface area is 82.7 Å². The minimum atomic E-state index is -0.372. The smallest absolute Gasteiger partial charge is 0.0937 e. The summed E-state index contributed by atoms with van der Waals surface area (Å²) in [5.74, 6) is -0.0848. The fraction of sp³-hybridized carbons (Fsp3) is 0.400. The van der Waals surface area contributed by atoms with Gasteiger partial charge in [0.1, 0.15) is 0 Å². The molecule has 0 spiro atoms. The summed E-state index contributed by atoms with van der Waals surface area (Å²) in [5.41, 5.74) is 6.44. The third-order valence-electron chi connectivity index (χ3n) is 1.96. The van der Waals surface area contributed by atoms with Crippen molar-refractivity contribution < 1.29 is 4.39 Å². The summed E-state index contributed by atoms with van der Waals surface area (Å²) in [6, 6.07) is 7.45. The van der Waals surface area contributed by atoms with Gasteiger partial charge in [0.05, 0.1) is 6.67 Å². The first-order valence-electron chi connectivity index (χ1n) is 4.26. The molecule has 1 atom stereocenters. The molecular formula is C10H13ClFN.